The minimum absolute atomic E-state index is 0.159. The molecule has 1 saturated carbocycles. The van der Waals surface area contributed by atoms with Crippen molar-refractivity contribution in [1.29, 1.82) is 0 Å². The van der Waals surface area contributed by atoms with Gasteiger partial charge < -0.3 is 9.80 Å². The Morgan fingerprint density at radius 2 is 1.82 bits per heavy atom. The summed E-state index contributed by atoms with van der Waals surface area (Å²) >= 11 is 0. The highest BCUT2D eigenvalue weighted by Crippen LogP contribution is 2.37. The molecule has 0 unspecified atom stereocenters. The minimum atomic E-state index is -3.67. The number of nitrogens with zero attached hydrogens (tertiary/aromatic N) is 2. The van der Waals surface area contributed by atoms with Gasteiger partial charge in [0, 0.05) is 43.0 Å². The summed E-state index contributed by atoms with van der Waals surface area (Å²) in [6.07, 6.45) is 5.13. The van der Waals surface area contributed by atoms with Crippen LogP contribution in [0, 0.1) is 11.8 Å². The van der Waals surface area contributed by atoms with Gasteiger partial charge in [-0.1, -0.05) is 19.1 Å². The molecule has 0 bridgehead atoms. The van der Waals surface area contributed by atoms with E-state index in [1.807, 2.05) is 24.0 Å². The number of amides is 1. The van der Waals surface area contributed by atoms with Crippen LogP contribution in [-0.2, 0) is 21.2 Å². The number of fused-ring (bicyclic) bond motifs is 1. The van der Waals surface area contributed by atoms with Gasteiger partial charge in [-0.2, -0.15) is 0 Å². The molecule has 2 aromatic rings. The zero-order chi connectivity index (χ0) is 23.2. The lowest BCUT2D eigenvalue weighted by Crippen LogP contribution is -2.34. The van der Waals surface area contributed by atoms with Crippen molar-refractivity contribution < 1.29 is 13.2 Å². The van der Waals surface area contributed by atoms with Crippen molar-refractivity contribution in [3.8, 4) is 0 Å². The number of nitrogens with one attached hydrogen (secondary N) is 1. The van der Waals surface area contributed by atoms with Crippen molar-refractivity contribution in [2.45, 2.75) is 56.9 Å². The van der Waals surface area contributed by atoms with Crippen LogP contribution in [0.5, 0.6) is 0 Å². The van der Waals surface area contributed by atoms with Gasteiger partial charge in [-0.15, -0.1) is 0 Å². The molecule has 0 aromatic heterocycles. The molecule has 1 N–H and O–H groups in total. The van der Waals surface area contributed by atoms with Crippen molar-refractivity contribution in [2.24, 2.45) is 11.8 Å². The SMILES string of the molecule is C[C@@H]1CCCN(c2ccc([C@H](C)NS(=O)(=O)c3ccc4c(c3)CCN4C(=O)C3CC3)cc2)C1. The summed E-state index contributed by atoms with van der Waals surface area (Å²) in [7, 11) is -3.67. The molecular formula is C26H33N3O3S. The van der Waals surface area contributed by atoms with Crippen LogP contribution in [0.4, 0.5) is 11.4 Å². The third-order valence-electron chi connectivity index (χ3n) is 7.20. The molecule has 2 fully saturated rings. The van der Waals surface area contributed by atoms with Gasteiger partial charge >= 0.3 is 0 Å². The number of carbonyl (C=O) groups excluding carboxylic acids is 1. The number of carbonyl (C=O) groups is 1. The van der Waals surface area contributed by atoms with Crippen LogP contribution in [-0.4, -0.2) is 34.0 Å². The fraction of sp³-hybridized carbons (Fsp3) is 0.500. The molecule has 33 heavy (non-hydrogen) atoms. The van der Waals surface area contributed by atoms with Gasteiger partial charge in [-0.05, 0) is 86.4 Å². The van der Waals surface area contributed by atoms with Crippen LogP contribution in [0.3, 0.4) is 0 Å². The second-order valence-electron chi connectivity index (χ2n) is 9.93. The summed E-state index contributed by atoms with van der Waals surface area (Å²) in [6, 6.07) is 13.0. The molecule has 2 aromatic carbocycles. The molecule has 0 spiro atoms. The highest BCUT2D eigenvalue weighted by molar-refractivity contribution is 7.89. The third-order valence-corrected chi connectivity index (χ3v) is 8.73. The standard InChI is InChI=1S/C26H33N3O3S/c1-18-4-3-14-28(17-18)23-9-7-20(8-10-23)19(2)27-33(31,32)24-11-12-25-22(16-24)13-15-29(25)26(30)21-5-6-21/h7-12,16,18-19,21,27H,3-6,13-15,17H2,1-2H3/t18-,19+/m1/s1. The average Bonchev–Trinajstić information content (AvgIpc) is 3.57. The Balaban J connectivity index is 1.27. The van der Waals surface area contributed by atoms with Gasteiger partial charge in [-0.25, -0.2) is 13.1 Å². The lowest BCUT2D eigenvalue weighted by molar-refractivity contribution is -0.119. The van der Waals surface area contributed by atoms with Gasteiger partial charge in [0.25, 0.3) is 0 Å². The molecule has 176 valence electrons. The Labute approximate surface area is 197 Å². The molecule has 2 aliphatic heterocycles. The van der Waals surface area contributed by atoms with Crippen LogP contribution in [0.2, 0.25) is 0 Å². The number of anilines is 2. The maximum Gasteiger partial charge on any atom is 0.241 e. The molecule has 2 heterocycles. The van der Waals surface area contributed by atoms with Crippen LogP contribution >= 0.6 is 0 Å². The Kier molecular flexibility index (Phi) is 5.95. The molecule has 1 saturated heterocycles. The van der Waals surface area contributed by atoms with Crippen LogP contribution in [0.1, 0.15) is 56.7 Å². The fourth-order valence-corrected chi connectivity index (χ4v) is 6.37. The summed E-state index contributed by atoms with van der Waals surface area (Å²) in [5, 5.41) is 0. The topological polar surface area (TPSA) is 69.7 Å². The quantitative estimate of drug-likeness (QED) is 0.689. The van der Waals surface area contributed by atoms with Gasteiger partial charge in [0.1, 0.15) is 0 Å². The second kappa shape index (κ2) is 8.76. The van der Waals surface area contributed by atoms with E-state index >= 15 is 0 Å². The Hall–Kier alpha value is -2.38. The number of piperidine rings is 1. The zero-order valence-corrected chi connectivity index (χ0v) is 20.3. The number of hydrogen-bond acceptors (Lipinski definition) is 4. The zero-order valence-electron chi connectivity index (χ0n) is 19.5. The van der Waals surface area contributed by atoms with Crippen molar-refractivity contribution in [3.63, 3.8) is 0 Å². The number of sulfonamides is 1. The van der Waals surface area contributed by atoms with Crippen LogP contribution < -0.4 is 14.5 Å². The first-order valence-corrected chi connectivity index (χ1v) is 13.6. The van der Waals surface area contributed by atoms with E-state index in [9.17, 15) is 13.2 Å². The van der Waals surface area contributed by atoms with E-state index in [-0.39, 0.29) is 22.8 Å². The van der Waals surface area contributed by atoms with Crippen LogP contribution in [0.25, 0.3) is 0 Å². The number of hydrogen-bond donors (Lipinski definition) is 1. The highest BCUT2D eigenvalue weighted by atomic mass is 32.2. The molecule has 1 aliphatic carbocycles. The first kappa shape index (κ1) is 22.4. The summed E-state index contributed by atoms with van der Waals surface area (Å²) in [4.78, 5) is 17.0. The molecule has 5 rings (SSSR count). The lowest BCUT2D eigenvalue weighted by atomic mass is 9.99. The minimum Gasteiger partial charge on any atom is -0.371 e. The Bertz CT molecular complexity index is 1140. The van der Waals surface area contributed by atoms with E-state index in [2.05, 4.69) is 28.7 Å². The fourth-order valence-electron chi connectivity index (χ4n) is 5.09. The number of benzene rings is 2. The van der Waals surface area contributed by atoms with Crippen molar-refractivity contribution >= 4 is 27.3 Å². The molecule has 1 amide bonds. The molecule has 6 nitrogen and oxygen atoms in total. The average molecular weight is 468 g/mol. The predicted octanol–water partition coefficient (Wildman–Crippen LogP) is 4.26. The van der Waals surface area contributed by atoms with E-state index in [1.165, 1.54) is 18.5 Å². The second-order valence-corrected chi connectivity index (χ2v) is 11.6. The van der Waals surface area contributed by atoms with Crippen molar-refractivity contribution in [1.82, 2.24) is 4.72 Å². The lowest BCUT2D eigenvalue weighted by Gasteiger charge is -2.33. The summed E-state index contributed by atoms with van der Waals surface area (Å²) < 4.78 is 29.0. The van der Waals surface area contributed by atoms with Gasteiger partial charge in [0.05, 0.1) is 4.90 Å². The van der Waals surface area contributed by atoms with E-state index in [0.29, 0.717) is 18.9 Å². The first-order valence-electron chi connectivity index (χ1n) is 12.1. The summed E-state index contributed by atoms with van der Waals surface area (Å²) in [5.74, 6) is 1.04. The van der Waals surface area contributed by atoms with Crippen LogP contribution in [0.15, 0.2) is 47.4 Å². The van der Waals surface area contributed by atoms with E-state index in [1.54, 1.807) is 18.2 Å². The van der Waals surface area contributed by atoms with E-state index in [0.717, 1.165) is 42.7 Å². The van der Waals surface area contributed by atoms with E-state index in [4.69, 9.17) is 0 Å². The first-order chi connectivity index (χ1) is 15.8. The monoisotopic (exact) mass is 467 g/mol. The smallest absolute Gasteiger partial charge is 0.241 e. The maximum absolute atomic E-state index is 13.1. The van der Waals surface area contributed by atoms with Crippen molar-refractivity contribution in [3.05, 3.63) is 53.6 Å². The molecule has 0 radical (unpaired) electrons. The molecule has 7 heteroatoms. The normalized spacial score (nSPS) is 21.7. The highest BCUT2D eigenvalue weighted by Gasteiger charge is 2.36. The predicted molar refractivity (Wildman–Crippen MR) is 131 cm³/mol. The van der Waals surface area contributed by atoms with Gasteiger partial charge in [0.2, 0.25) is 15.9 Å². The molecule has 3 aliphatic rings. The maximum atomic E-state index is 13.1. The molecular weight excluding hydrogens is 434 g/mol. The summed E-state index contributed by atoms with van der Waals surface area (Å²) in [6.45, 7) is 6.95. The van der Waals surface area contributed by atoms with E-state index < -0.39 is 10.0 Å². The number of rotatable bonds is 6. The third kappa shape index (κ3) is 4.66. The largest absolute Gasteiger partial charge is 0.371 e. The molecule has 2 atom stereocenters. The Morgan fingerprint density at radius 3 is 2.52 bits per heavy atom. The Morgan fingerprint density at radius 1 is 1.06 bits per heavy atom. The summed E-state index contributed by atoms with van der Waals surface area (Å²) in [5.41, 5.74) is 3.93. The van der Waals surface area contributed by atoms with Gasteiger partial charge in [0.15, 0.2) is 0 Å². The van der Waals surface area contributed by atoms with Crippen molar-refractivity contribution in [2.75, 3.05) is 29.4 Å². The van der Waals surface area contributed by atoms with Gasteiger partial charge in [-0.3, -0.25) is 4.79 Å².